The molecule has 3 amide bonds. The molecular formula is C20H30N4O3. The van der Waals surface area contributed by atoms with Gasteiger partial charge in [0.2, 0.25) is 5.91 Å². The first-order chi connectivity index (χ1) is 13.2. The molecule has 1 aliphatic heterocycles. The van der Waals surface area contributed by atoms with Crippen LogP contribution in [0.2, 0.25) is 0 Å². The fourth-order valence-electron chi connectivity index (χ4n) is 3.94. The van der Waals surface area contributed by atoms with E-state index < -0.39 is 0 Å². The predicted octanol–water partition coefficient (Wildman–Crippen LogP) is 2.75. The Labute approximate surface area is 161 Å². The van der Waals surface area contributed by atoms with E-state index in [0.29, 0.717) is 17.4 Å². The minimum atomic E-state index is -0.222. The molecule has 27 heavy (non-hydrogen) atoms. The summed E-state index contributed by atoms with van der Waals surface area (Å²) in [4.78, 5) is 28.6. The summed E-state index contributed by atoms with van der Waals surface area (Å²) in [6.45, 7) is 3.41. The fourth-order valence-corrected chi connectivity index (χ4v) is 3.94. The van der Waals surface area contributed by atoms with Crippen molar-refractivity contribution in [2.45, 2.75) is 38.1 Å². The number of carbonyl (C=O) groups excluding carboxylic acids is 2. The lowest BCUT2D eigenvalue weighted by atomic mass is 9.94. The summed E-state index contributed by atoms with van der Waals surface area (Å²) in [5.74, 6) is -0.222. The average Bonchev–Trinajstić information content (AvgIpc) is 2.69. The van der Waals surface area contributed by atoms with E-state index in [1.54, 1.807) is 18.2 Å². The number of nitrogens with zero attached hydrogens (tertiary/aromatic N) is 2. The van der Waals surface area contributed by atoms with Gasteiger partial charge in [0, 0.05) is 50.7 Å². The van der Waals surface area contributed by atoms with E-state index in [1.807, 2.05) is 11.0 Å². The van der Waals surface area contributed by atoms with E-state index in [-0.39, 0.29) is 18.5 Å². The Morgan fingerprint density at radius 3 is 2.37 bits per heavy atom. The number of benzene rings is 1. The highest BCUT2D eigenvalue weighted by Gasteiger charge is 2.27. The van der Waals surface area contributed by atoms with Crippen LogP contribution in [0.4, 0.5) is 16.2 Å². The minimum absolute atomic E-state index is 0.00184. The summed E-state index contributed by atoms with van der Waals surface area (Å²) in [5, 5.41) is 5.68. The van der Waals surface area contributed by atoms with Crippen LogP contribution in [0, 0.1) is 0 Å². The van der Waals surface area contributed by atoms with Crippen LogP contribution in [0.25, 0.3) is 0 Å². The highest BCUT2D eigenvalue weighted by molar-refractivity contribution is 5.94. The molecule has 0 spiro atoms. The molecule has 0 bridgehead atoms. The number of nitrogens with one attached hydrogen (secondary N) is 2. The third kappa shape index (κ3) is 5.68. The van der Waals surface area contributed by atoms with Crippen LogP contribution >= 0.6 is 0 Å². The molecule has 7 heteroatoms. The van der Waals surface area contributed by atoms with Crippen LogP contribution in [0.1, 0.15) is 32.1 Å². The second kappa shape index (κ2) is 9.71. The van der Waals surface area contributed by atoms with Crippen LogP contribution in [0.3, 0.4) is 0 Å². The Bertz CT molecular complexity index is 638. The van der Waals surface area contributed by atoms with Crippen LogP contribution in [0.5, 0.6) is 0 Å². The maximum Gasteiger partial charge on any atom is 0.321 e. The van der Waals surface area contributed by atoms with Crippen molar-refractivity contribution in [1.82, 2.24) is 9.80 Å². The molecule has 0 radical (unpaired) electrons. The van der Waals surface area contributed by atoms with Crippen LogP contribution in [-0.2, 0) is 9.53 Å². The Morgan fingerprint density at radius 1 is 1.04 bits per heavy atom. The first-order valence-corrected chi connectivity index (χ1v) is 9.84. The predicted molar refractivity (Wildman–Crippen MR) is 106 cm³/mol. The number of urea groups is 1. The molecule has 0 atom stereocenters. The molecule has 1 heterocycles. The molecule has 2 aliphatic rings. The maximum absolute atomic E-state index is 12.6. The normalized spacial score (nSPS) is 18.9. The summed E-state index contributed by atoms with van der Waals surface area (Å²) in [6, 6.07) is 7.78. The third-order valence-electron chi connectivity index (χ3n) is 5.37. The lowest BCUT2D eigenvalue weighted by Gasteiger charge is -2.40. The lowest BCUT2D eigenvalue weighted by Crippen LogP contribution is -2.53. The number of carbonyl (C=O) groups is 2. The van der Waals surface area contributed by atoms with Crippen molar-refractivity contribution >= 4 is 23.3 Å². The number of rotatable bonds is 5. The van der Waals surface area contributed by atoms with Crippen molar-refractivity contribution in [3.63, 3.8) is 0 Å². The van der Waals surface area contributed by atoms with Crippen molar-refractivity contribution in [3.8, 4) is 0 Å². The average molecular weight is 374 g/mol. The molecule has 3 rings (SSSR count). The van der Waals surface area contributed by atoms with Gasteiger partial charge in [0.15, 0.2) is 0 Å². The van der Waals surface area contributed by atoms with E-state index in [9.17, 15) is 9.59 Å². The molecule has 0 unspecified atom stereocenters. The first-order valence-electron chi connectivity index (χ1n) is 9.84. The van der Waals surface area contributed by atoms with Crippen LogP contribution in [0.15, 0.2) is 24.3 Å². The molecular weight excluding hydrogens is 344 g/mol. The molecule has 7 nitrogen and oxygen atoms in total. The first kappa shape index (κ1) is 19.6. The van der Waals surface area contributed by atoms with E-state index in [1.165, 1.54) is 39.2 Å². The minimum Gasteiger partial charge on any atom is -0.375 e. The van der Waals surface area contributed by atoms with Gasteiger partial charge >= 0.3 is 6.03 Å². The van der Waals surface area contributed by atoms with Crippen molar-refractivity contribution in [1.29, 1.82) is 0 Å². The smallest absolute Gasteiger partial charge is 0.321 e. The monoisotopic (exact) mass is 374 g/mol. The van der Waals surface area contributed by atoms with Gasteiger partial charge in [-0.2, -0.15) is 0 Å². The van der Waals surface area contributed by atoms with Gasteiger partial charge < -0.3 is 20.3 Å². The molecule has 2 N–H and O–H groups in total. The number of ether oxygens (including phenoxy) is 1. The van der Waals surface area contributed by atoms with Gasteiger partial charge in [-0.25, -0.2) is 4.79 Å². The molecule has 148 valence electrons. The van der Waals surface area contributed by atoms with Gasteiger partial charge in [-0.05, 0) is 31.0 Å². The van der Waals surface area contributed by atoms with E-state index >= 15 is 0 Å². The number of hydrogen-bond acceptors (Lipinski definition) is 4. The van der Waals surface area contributed by atoms with Gasteiger partial charge in [0.25, 0.3) is 0 Å². The van der Waals surface area contributed by atoms with Crippen molar-refractivity contribution in [2.75, 3.05) is 50.5 Å². The van der Waals surface area contributed by atoms with Gasteiger partial charge in [-0.15, -0.1) is 0 Å². The molecule has 1 aromatic rings. The Hall–Kier alpha value is -2.12. The number of methoxy groups -OCH3 is 1. The van der Waals surface area contributed by atoms with E-state index in [0.717, 1.165) is 26.2 Å². The van der Waals surface area contributed by atoms with Gasteiger partial charge in [-0.3, -0.25) is 9.69 Å². The van der Waals surface area contributed by atoms with E-state index in [2.05, 4.69) is 15.5 Å². The summed E-state index contributed by atoms with van der Waals surface area (Å²) in [6.07, 6.45) is 6.64. The number of hydrogen-bond donors (Lipinski definition) is 2. The van der Waals surface area contributed by atoms with Crippen LogP contribution < -0.4 is 10.6 Å². The van der Waals surface area contributed by atoms with Gasteiger partial charge in [0.05, 0.1) is 0 Å². The topological polar surface area (TPSA) is 73.9 Å². The lowest BCUT2D eigenvalue weighted by molar-refractivity contribution is -0.119. The Balaban J connectivity index is 1.48. The SMILES string of the molecule is COCC(=O)Nc1cccc(NC(=O)N2CCN(C3CCCCC3)CC2)c1. The van der Waals surface area contributed by atoms with Crippen molar-refractivity contribution in [3.05, 3.63) is 24.3 Å². The molecule has 1 aromatic carbocycles. The quantitative estimate of drug-likeness (QED) is 0.831. The van der Waals surface area contributed by atoms with Crippen LogP contribution in [-0.4, -0.2) is 67.7 Å². The molecule has 1 saturated carbocycles. The maximum atomic E-state index is 12.6. The summed E-state index contributed by atoms with van der Waals surface area (Å²) < 4.78 is 4.81. The third-order valence-corrected chi connectivity index (χ3v) is 5.37. The van der Waals surface area contributed by atoms with Crippen molar-refractivity contribution in [2.24, 2.45) is 0 Å². The van der Waals surface area contributed by atoms with Gasteiger partial charge in [-0.1, -0.05) is 25.3 Å². The van der Waals surface area contributed by atoms with E-state index in [4.69, 9.17) is 4.74 Å². The zero-order valence-electron chi connectivity index (χ0n) is 16.1. The second-order valence-electron chi connectivity index (χ2n) is 7.31. The number of piperazine rings is 1. The highest BCUT2D eigenvalue weighted by Crippen LogP contribution is 2.23. The highest BCUT2D eigenvalue weighted by atomic mass is 16.5. The number of amides is 3. The fraction of sp³-hybridized carbons (Fsp3) is 0.600. The Morgan fingerprint density at radius 2 is 1.70 bits per heavy atom. The molecule has 0 aromatic heterocycles. The standard InChI is InChI=1S/C20H30N4O3/c1-27-15-19(25)21-16-6-5-7-17(14-16)22-20(26)24-12-10-23(11-13-24)18-8-3-2-4-9-18/h5-7,14,18H,2-4,8-13,15H2,1H3,(H,21,25)(H,22,26). The molecule has 1 aliphatic carbocycles. The number of anilines is 2. The zero-order valence-corrected chi connectivity index (χ0v) is 16.1. The van der Waals surface area contributed by atoms with Crippen molar-refractivity contribution < 1.29 is 14.3 Å². The molecule has 1 saturated heterocycles. The second-order valence-corrected chi connectivity index (χ2v) is 7.31. The van der Waals surface area contributed by atoms with Gasteiger partial charge in [0.1, 0.15) is 6.61 Å². The summed E-state index contributed by atoms with van der Waals surface area (Å²) in [5.41, 5.74) is 1.31. The summed E-state index contributed by atoms with van der Waals surface area (Å²) in [7, 11) is 1.48. The molecule has 2 fully saturated rings. The Kier molecular flexibility index (Phi) is 7.06. The largest absolute Gasteiger partial charge is 0.375 e. The zero-order chi connectivity index (χ0) is 19.1. The summed E-state index contributed by atoms with van der Waals surface area (Å²) >= 11 is 0.